The Kier molecular flexibility index (Phi) is 9.31. The molecule has 0 atom stereocenters. The fraction of sp³-hybridized carbons (Fsp3) is 0.385. The SMILES string of the molecule is CCNC(=NCc1coc(-c2ccccc2)n1)NCC1(c2ccccc2C)CCOCC1.I. The number of rotatable bonds is 7. The molecule has 0 amide bonds. The van der Waals surface area contributed by atoms with Gasteiger partial charge in [0.15, 0.2) is 5.96 Å². The highest BCUT2D eigenvalue weighted by atomic mass is 127. The molecule has 1 aromatic heterocycles. The molecule has 0 saturated carbocycles. The molecule has 2 aromatic carbocycles. The minimum absolute atomic E-state index is 0. The van der Waals surface area contributed by atoms with Gasteiger partial charge in [-0.1, -0.05) is 42.5 Å². The van der Waals surface area contributed by atoms with E-state index in [4.69, 9.17) is 14.1 Å². The van der Waals surface area contributed by atoms with Gasteiger partial charge >= 0.3 is 0 Å². The Labute approximate surface area is 213 Å². The predicted octanol–water partition coefficient (Wildman–Crippen LogP) is 5.07. The maximum atomic E-state index is 5.69. The van der Waals surface area contributed by atoms with Crippen LogP contribution in [-0.4, -0.2) is 37.2 Å². The molecule has 1 aliphatic heterocycles. The Morgan fingerprint density at radius 2 is 1.76 bits per heavy atom. The van der Waals surface area contributed by atoms with E-state index in [0.717, 1.165) is 56.4 Å². The van der Waals surface area contributed by atoms with Crippen molar-refractivity contribution in [2.75, 3.05) is 26.3 Å². The van der Waals surface area contributed by atoms with Gasteiger partial charge in [0.2, 0.25) is 5.89 Å². The number of ether oxygens (including phenoxy) is 1. The number of aliphatic imine (C=N–C) groups is 1. The highest BCUT2D eigenvalue weighted by Gasteiger charge is 2.35. The second-order valence-electron chi connectivity index (χ2n) is 8.27. The number of aryl methyl sites for hydroxylation is 1. The zero-order valence-electron chi connectivity index (χ0n) is 19.3. The van der Waals surface area contributed by atoms with Gasteiger partial charge < -0.3 is 19.8 Å². The number of hydrogen-bond acceptors (Lipinski definition) is 4. The molecule has 6 nitrogen and oxygen atoms in total. The summed E-state index contributed by atoms with van der Waals surface area (Å²) in [7, 11) is 0. The van der Waals surface area contributed by atoms with Crippen LogP contribution in [0, 0.1) is 6.92 Å². The second kappa shape index (κ2) is 12.2. The van der Waals surface area contributed by atoms with E-state index in [1.165, 1.54) is 11.1 Å². The average molecular weight is 560 g/mol. The molecule has 1 fully saturated rings. The first-order chi connectivity index (χ1) is 15.7. The van der Waals surface area contributed by atoms with Gasteiger partial charge in [0.05, 0.1) is 6.54 Å². The summed E-state index contributed by atoms with van der Waals surface area (Å²) in [5.74, 6) is 1.41. The minimum Gasteiger partial charge on any atom is -0.444 e. The van der Waals surface area contributed by atoms with Gasteiger partial charge in [-0.2, -0.15) is 0 Å². The second-order valence-corrected chi connectivity index (χ2v) is 8.27. The summed E-state index contributed by atoms with van der Waals surface area (Å²) < 4.78 is 11.3. The van der Waals surface area contributed by atoms with Gasteiger partial charge in [-0.3, -0.25) is 0 Å². The Balaban J connectivity index is 0.00000306. The Bertz CT molecular complexity index is 1030. The van der Waals surface area contributed by atoms with Crippen LogP contribution in [0.1, 0.15) is 36.6 Å². The molecule has 0 bridgehead atoms. The predicted molar refractivity (Wildman–Crippen MR) is 143 cm³/mol. The van der Waals surface area contributed by atoms with Crippen LogP contribution >= 0.6 is 24.0 Å². The van der Waals surface area contributed by atoms with E-state index in [0.29, 0.717) is 12.4 Å². The number of nitrogens with zero attached hydrogens (tertiary/aromatic N) is 2. The molecule has 2 N–H and O–H groups in total. The van der Waals surface area contributed by atoms with Crippen molar-refractivity contribution >= 4 is 29.9 Å². The van der Waals surface area contributed by atoms with Crippen molar-refractivity contribution in [1.29, 1.82) is 0 Å². The van der Waals surface area contributed by atoms with Gasteiger partial charge in [0.1, 0.15) is 12.0 Å². The Morgan fingerprint density at radius 1 is 1.03 bits per heavy atom. The van der Waals surface area contributed by atoms with Crippen LogP contribution in [0.15, 0.2) is 70.3 Å². The lowest BCUT2D eigenvalue weighted by molar-refractivity contribution is 0.0512. The molecule has 2 heterocycles. The van der Waals surface area contributed by atoms with E-state index >= 15 is 0 Å². The summed E-state index contributed by atoms with van der Waals surface area (Å²) in [6.07, 6.45) is 3.67. The molecule has 1 saturated heterocycles. The number of nitrogens with one attached hydrogen (secondary N) is 2. The van der Waals surface area contributed by atoms with E-state index in [1.807, 2.05) is 30.3 Å². The van der Waals surface area contributed by atoms with E-state index in [1.54, 1.807) is 6.26 Å². The van der Waals surface area contributed by atoms with Gasteiger partial charge in [0, 0.05) is 37.3 Å². The van der Waals surface area contributed by atoms with Crippen LogP contribution in [0.2, 0.25) is 0 Å². The normalized spacial score (nSPS) is 15.5. The van der Waals surface area contributed by atoms with E-state index in [-0.39, 0.29) is 29.4 Å². The van der Waals surface area contributed by atoms with Crippen molar-refractivity contribution in [3.8, 4) is 11.5 Å². The molecule has 33 heavy (non-hydrogen) atoms. The monoisotopic (exact) mass is 560 g/mol. The number of guanidine groups is 1. The zero-order valence-corrected chi connectivity index (χ0v) is 21.7. The van der Waals surface area contributed by atoms with Gasteiger partial charge in [-0.15, -0.1) is 24.0 Å². The molecule has 4 rings (SSSR count). The van der Waals surface area contributed by atoms with Crippen LogP contribution in [0.3, 0.4) is 0 Å². The summed E-state index contributed by atoms with van der Waals surface area (Å²) in [5, 5.41) is 6.95. The first-order valence-corrected chi connectivity index (χ1v) is 11.4. The van der Waals surface area contributed by atoms with Crippen molar-refractivity contribution in [3.05, 3.63) is 77.7 Å². The van der Waals surface area contributed by atoms with E-state index in [9.17, 15) is 0 Å². The molecule has 176 valence electrons. The third-order valence-electron chi connectivity index (χ3n) is 6.08. The Hall–Kier alpha value is -2.39. The van der Waals surface area contributed by atoms with Crippen LogP contribution in [-0.2, 0) is 16.7 Å². The van der Waals surface area contributed by atoms with Gasteiger partial charge in [-0.05, 0) is 49.9 Å². The molecule has 3 aromatic rings. The molecule has 0 radical (unpaired) electrons. The molecule has 0 spiro atoms. The Morgan fingerprint density at radius 3 is 2.48 bits per heavy atom. The standard InChI is InChI=1S/C26H32N4O2.HI/c1-3-27-25(28-17-22-18-32-24(30-22)21-10-5-4-6-11-21)29-19-26(13-15-31-16-14-26)23-12-8-7-9-20(23)2;/h4-12,18H,3,13-17,19H2,1-2H3,(H2,27,28,29);1H. The first-order valence-electron chi connectivity index (χ1n) is 11.4. The lowest BCUT2D eigenvalue weighted by Crippen LogP contribution is -2.48. The number of oxazole rings is 1. The topological polar surface area (TPSA) is 71.7 Å². The maximum absolute atomic E-state index is 5.69. The largest absolute Gasteiger partial charge is 0.444 e. The third-order valence-corrected chi connectivity index (χ3v) is 6.08. The third kappa shape index (κ3) is 6.35. The van der Waals surface area contributed by atoms with Gasteiger partial charge in [0.25, 0.3) is 0 Å². The highest BCUT2D eigenvalue weighted by Crippen LogP contribution is 2.36. The fourth-order valence-corrected chi connectivity index (χ4v) is 4.32. The summed E-state index contributed by atoms with van der Waals surface area (Å²) in [6, 6.07) is 18.6. The summed E-state index contributed by atoms with van der Waals surface area (Å²) in [6.45, 7) is 7.89. The first kappa shape index (κ1) is 25.2. The van der Waals surface area contributed by atoms with Crippen molar-refractivity contribution < 1.29 is 9.15 Å². The summed E-state index contributed by atoms with van der Waals surface area (Å²) in [5.41, 5.74) is 4.53. The molecular formula is C26H33IN4O2. The van der Waals surface area contributed by atoms with Crippen molar-refractivity contribution in [2.24, 2.45) is 4.99 Å². The number of benzene rings is 2. The molecule has 0 unspecified atom stereocenters. The molecular weight excluding hydrogens is 527 g/mol. The summed E-state index contributed by atoms with van der Waals surface area (Å²) in [4.78, 5) is 9.35. The van der Waals surface area contributed by atoms with Crippen LogP contribution in [0.5, 0.6) is 0 Å². The minimum atomic E-state index is 0. The van der Waals surface area contributed by atoms with Crippen molar-refractivity contribution in [1.82, 2.24) is 15.6 Å². The average Bonchev–Trinajstić information content (AvgIpc) is 3.31. The maximum Gasteiger partial charge on any atom is 0.226 e. The van der Waals surface area contributed by atoms with Crippen molar-refractivity contribution in [3.63, 3.8) is 0 Å². The van der Waals surface area contributed by atoms with Crippen LogP contribution in [0.4, 0.5) is 0 Å². The quantitative estimate of drug-likeness (QED) is 0.240. The lowest BCUT2D eigenvalue weighted by atomic mass is 9.72. The summed E-state index contributed by atoms with van der Waals surface area (Å²) >= 11 is 0. The molecule has 7 heteroatoms. The number of aromatic nitrogens is 1. The van der Waals surface area contributed by atoms with Crippen LogP contribution in [0.25, 0.3) is 11.5 Å². The molecule has 1 aliphatic rings. The lowest BCUT2D eigenvalue weighted by Gasteiger charge is -2.39. The molecule has 0 aliphatic carbocycles. The highest BCUT2D eigenvalue weighted by molar-refractivity contribution is 14.0. The number of hydrogen-bond donors (Lipinski definition) is 2. The van der Waals surface area contributed by atoms with Crippen LogP contribution < -0.4 is 10.6 Å². The fourth-order valence-electron chi connectivity index (χ4n) is 4.32. The van der Waals surface area contributed by atoms with Gasteiger partial charge in [-0.25, -0.2) is 9.98 Å². The van der Waals surface area contributed by atoms with E-state index < -0.39 is 0 Å². The van der Waals surface area contributed by atoms with Crippen molar-refractivity contribution in [2.45, 2.75) is 38.6 Å². The van der Waals surface area contributed by atoms with E-state index in [2.05, 4.69) is 53.7 Å². The number of halogens is 1. The smallest absolute Gasteiger partial charge is 0.226 e. The zero-order chi connectivity index (χ0) is 22.2.